The molecule has 1 aromatic rings. The van der Waals surface area contributed by atoms with Crippen molar-refractivity contribution in [1.29, 1.82) is 0 Å². The SMILES string of the molecule is CC(=O)NO.CC(=O)c1ccc(F)cc1. The highest BCUT2D eigenvalue weighted by Crippen LogP contribution is 2.02. The van der Waals surface area contributed by atoms with E-state index in [2.05, 4.69) is 0 Å². The van der Waals surface area contributed by atoms with Gasteiger partial charge in [-0.2, -0.15) is 0 Å². The molecule has 1 aromatic carbocycles. The second kappa shape index (κ2) is 6.67. The first kappa shape index (κ1) is 13.2. The van der Waals surface area contributed by atoms with Crippen LogP contribution < -0.4 is 5.48 Å². The van der Waals surface area contributed by atoms with Gasteiger partial charge in [-0.15, -0.1) is 0 Å². The second-order valence-electron chi connectivity index (χ2n) is 2.73. The van der Waals surface area contributed by atoms with Crippen molar-refractivity contribution < 1.29 is 19.2 Å². The van der Waals surface area contributed by atoms with Crippen LogP contribution in [0.1, 0.15) is 24.2 Å². The largest absolute Gasteiger partial charge is 0.295 e. The number of carbonyl (C=O) groups excluding carboxylic acids is 2. The normalized spacial score (nSPS) is 8.53. The number of halogens is 1. The van der Waals surface area contributed by atoms with Gasteiger partial charge in [0.15, 0.2) is 5.78 Å². The molecule has 82 valence electrons. The number of Topliss-reactive ketones (excluding diaryl/α,β-unsaturated/α-hetero) is 1. The van der Waals surface area contributed by atoms with Crippen LogP contribution in [0.25, 0.3) is 0 Å². The lowest BCUT2D eigenvalue weighted by Gasteiger charge is -1.91. The molecular weight excluding hydrogens is 201 g/mol. The van der Waals surface area contributed by atoms with Crippen molar-refractivity contribution in [3.8, 4) is 0 Å². The summed E-state index contributed by atoms with van der Waals surface area (Å²) >= 11 is 0. The molecule has 0 aromatic heterocycles. The first-order valence-corrected chi connectivity index (χ1v) is 4.14. The van der Waals surface area contributed by atoms with Gasteiger partial charge in [-0.25, -0.2) is 9.87 Å². The lowest BCUT2D eigenvalue weighted by atomic mass is 10.1. The van der Waals surface area contributed by atoms with Gasteiger partial charge in [0, 0.05) is 12.5 Å². The number of carbonyl (C=O) groups is 2. The van der Waals surface area contributed by atoms with E-state index in [0.717, 1.165) is 0 Å². The van der Waals surface area contributed by atoms with Gasteiger partial charge in [0.1, 0.15) is 5.82 Å². The van der Waals surface area contributed by atoms with Crippen LogP contribution in [0.4, 0.5) is 4.39 Å². The summed E-state index contributed by atoms with van der Waals surface area (Å²) in [4.78, 5) is 20.1. The first-order valence-electron chi connectivity index (χ1n) is 4.14. The number of rotatable bonds is 1. The molecule has 5 heteroatoms. The maximum atomic E-state index is 12.2. The van der Waals surface area contributed by atoms with Gasteiger partial charge in [0.25, 0.3) is 0 Å². The Balaban J connectivity index is 0.000000336. The molecule has 2 N–H and O–H groups in total. The Kier molecular flexibility index (Phi) is 5.89. The molecule has 0 saturated carbocycles. The maximum Gasteiger partial charge on any atom is 0.240 e. The van der Waals surface area contributed by atoms with Gasteiger partial charge in [-0.3, -0.25) is 14.8 Å². The molecule has 0 heterocycles. The van der Waals surface area contributed by atoms with E-state index in [1.54, 1.807) is 0 Å². The van der Waals surface area contributed by atoms with Crippen molar-refractivity contribution in [2.75, 3.05) is 0 Å². The smallest absolute Gasteiger partial charge is 0.240 e. The zero-order chi connectivity index (χ0) is 11.8. The summed E-state index contributed by atoms with van der Waals surface area (Å²) in [6, 6.07) is 5.49. The standard InChI is InChI=1S/C8H7FO.C2H5NO2/c1-6(10)7-2-4-8(9)5-3-7;1-2(4)3-5/h2-5H,1H3;5H,1H3,(H,3,4). The maximum absolute atomic E-state index is 12.2. The van der Waals surface area contributed by atoms with E-state index in [4.69, 9.17) is 5.21 Å². The van der Waals surface area contributed by atoms with Gasteiger partial charge in [0.05, 0.1) is 0 Å². The van der Waals surface area contributed by atoms with Crippen LogP contribution in [0, 0.1) is 5.82 Å². The molecule has 0 saturated heterocycles. The molecule has 1 amide bonds. The van der Waals surface area contributed by atoms with Crippen LogP contribution in [0.15, 0.2) is 24.3 Å². The van der Waals surface area contributed by atoms with Gasteiger partial charge in [-0.1, -0.05) is 0 Å². The van der Waals surface area contributed by atoms with Gasteiger partial charge >= 0.3 is 0 Å². The third-order valence-electron chi connectivity index (χ3n) is 1.41. The van der Waals surface area contributed by atoms with E-state index >= 15 is 0 Å². The molecule has 15 heavy (non-hydrogen) atoms. The molecule has 0 aliphatic heterocycles. The highest BCUT2D eigenvalue weighted by Gasteiger charge is 1.96. The molecule has 0 spiro atoms. The van der Waals surface area contributed by atoms with Crippen LogP contribution in [0.3, 0.4) is 0 Å². The zero-order valence-electron chi connectivity index (χ0n) is 8.45. The van der Waals surface area contributed by atoms with Crippen LogP contribution in [-0.4, -0.2) is 16.9 Å². The Morgan fingerprint density at radius 2 is 1.60 bits per heavy atom. The summed E-state index contributed by atoms with van der Waals surface area (Å²) in [5.74, 6) is -0.796. The molecule has 0 bridgehead atoms. The highest BCUT2D eigenvalue weighted by atomic mass is 19.1. The summed E-state index contributed by atoms with van der Waals surface area (Å²) in [5, 5.41) is 7.54. The summed E-state index contributed by atoms with van der Waals surface area (Å²) in [6.07, 6.45) is 0. The molecule has 0 fully saturated rings. The minimum atomic E-state index is -0.440. The fourth-order valence-corrected chi connectivity index (χ4v) is 0.685. The van der Waals surface area contributed by atoms with Gasteiger partial charge in [-0.05, 0) is 31.2 Å². The van der Waals surface area contributed by atoms with Crippen molar-refractivity contribution >= 4 is 11.7 Å². The topological polar surface area (TPSA) is 66.4 Å². The molecule has 0 atom stereocenters. The molecule has 1 rings (SSSR count). The third-order valence-corrected chi connectivity index (χ3v) is 1.41. The fraction of sp³-hybridized carbons (Fsp3) is 0.200. The van der Waals surface area contributed by atoms with E-state index in [0.29, 0.717) is 5.56 Å². The van der Waals surface area contributed by atoms with Gasteiger partial charge < -0.3 is 0 Å². The monoisotopic (exact) mass is 213 g/mol. The molecular formula is C10H12FNO3. The fourth-order valence-electron chi connectivity index (χ4n) is 0.685. The Bertz CT molecular complexity index is 335. The molecule has 0 aliphatic carbocycles. The Morgan fingerprint density at radius 1 is 1.20 bits per heavy atom. The van der Waals surface area contributed by atoms with Gasteiger partial charge in [0.2, 0.25) is 5.91 Å². The molecule has 0 unspecified atom stereocenters. The number of ketones is 1. The van der Waals surface area contributed by atoms with E-state index in [-0.39, 0.29) is 11.6 Å². The van der Waals surface area contributed by atoms with Crippen LogP contribution in [-0.2, 0) is 4.79 Å². The van der Waals surface area contributed by atoms with Crippen molar-refractivity contribution in [3.05, 3.63) is 35.6 Å². The van der Waals surface area contributed by atoms with E-state index in [1.165, 1.54) is 43.6 Å². The summed E-state index contributed by atoms with van der Waals surface area (Å²) in [7, 11) is 0. The minimum Gasteiger partial charge on any atom is -0.295 e. The van der Waals surface area contributed by atoms with Crippen molar-refractivity contribution in [1.82, 2.24) is 5.48 Å². The predicted octanol–water partition coefficient (Wildman–Crippen LogP) is 1.54. The van der Waals surface area contributed by atoms with Crippen LogP contribution in [0.2, 0.25) is 0 Å². The van der Waals surface area contributed by atoms with Crippen molar-refractivity contribution in [2.24, 2.45) is 0 Å². The molecule has 0 radical (unpaired) electrons. The van der Waals surface area contributed by atoms with Crippen LogP contribution >= 0.6 is 0 Å². The number of hydrogen-bond donors (Lipinski definition) is 2. The quantitative estimate of drug-likeness (QED) is 0.422. The molecule has 0 aliphatic rings. The van der Waals surface area contributed by atoms with Crippen LogP contribution in [0.5, 0.6) is 0 Å². The Morgan fingerprint density at radius 3 is 1.87 bits per heavy atom. The number of benzene rings is 1. The van der Waals surface area contributed by atoms with E-state index in [1.807, 2.05) is 0 Å². The summed E-state index contributed by atoms with van der Waals surface area (Å²) in [6.45, 7) is 2.67. The lowest BCUT2D eigenvalue weighted by molar-refractivity contribution is -0.126. The second-order valence-corrected chi connectivity index (χ2v) is 2.73. The molecule has 4 nitrogen and oxygen atoms in total. The minimum absolute atomic E-state index is 0.0417. The lowest BCUT2D eigenvalue weighted by Crippen LogP contribution is -2.12. The van der Waals surface area contributed by atoms with Crippen molar-refractivity contribution in [2.45, 2.75) is 13.8 Å². The number of nitrogens with one attached hydrogen (secondary N) is 1. The summed E-state index contributed by atoms with van der Waals surface area (Å²) < 4.78 is 12.2. The predicted molar refractivity (Wildman–Crippen MR) is 52.0 cm³/mol. The summed E-state index contributed by atoms with van der Waals surface area (Å²) in [5.41, 5.74) is 1.93. The Hall–Kier alpha value is -1.75. The number of hydroxylamine groups is 1. The van der Waals surface area contributed by atoms with Crippen molar-refractivity contribution in [3.63, 3.8) is 0 Å². The first-order chi connectivity index (χ1) is 6.97. The third kappa shape index (κ3) is 6.34. The van der Waals surface area contributed by atoms with E-state index < -0.39 is 5.91 Å². The zero-order valence-corrected chi connectivity index (χ0v) is 8.45. The number of hydrogen-bond acceptors (Lipinski definition) is 3. The van der Waals surface area contributed by atoms with E-state index in [9.17, 15) is 14.0 Å². The highest BCUT2D eigenvalue weighted by molar-refractivity contribution is 5.93. The average molecular weight is 213 g/mol. The Labute approximate surface area is 86.7 Å². The average Bonchev–Trinajstić information content (AvgIpc) is 2.19. The number of amides is 1.